The van der Waals surface area contributed by atoms with E-state index >= 15 is 0 Å². The van der Waals surface area contributed by atoms with Crippen molar-refractivity contribution >= 4 is 17.0 Å². The molecule has 1 heterocycles. The summed E-state index contributed by atoms with van der Waals surface area (Å²) in [5.74, 6) is 0.923. The molecule has 2 aromatic rings. The summed E-state index contributed by atoms with van der Waals surface area (Å²) in [5.41, 5.74) is 1.14. The van der Waals surface area contributed by atoms with Gasteiger partial charge in [-0.1, -0.05) is 13.0 Å². The molecule has 1 unspecified atom stereocenters. The Morgan fingerprint density at radius 2 is 1.94 bits per heavy atom. The Morgan fingerprint density at radius 3 is 2.50 bits per heavy atom. The van der Waals surface area contributed by atoms with Gasteiger partial charge >= 0.3 is 0 Å². The quantitative estimate of drug-likeness (QED) is 0.813. The molecule has 1 atom stereocenters. The van der Waals surface area contributed by atoms with Crippen molar-refractivity contribution in [3.63, 3.8) is 0 Å². The highest BCUT2D eigenvalue weighted by Crippen LogP contribution is 2.27. The molecule has 1 aromatic heterocycles. The van der Waals surface area contributed by atoms with E-state index < -0.39 is 0 Å². The topological polar surface area (TPSA) is 21.3 Å². The lowest BCUT2D eigenvalue weighted by atomic mass is 10.1. The summed E-state index contributed by atoms with van der Waals surface area (Å²) >= 11 is 1.80. The molecule has 0 radical (unpaired) electrons. The summed E-state index contributed by atoms with van der Waals surface area (Å²) in [6.07, 6.45) is 1.08. The average molecular weight is 261 g/mol. The van der Waals surface area contributed by atoms with Crippen molar-refractivity contribution in [1.29, 1.82) is 0 Å². The Morgan fingerprint density at radius 1 is 1.17 bits per heavy atom. The van der Waals surface area contributed by atoms with Crippen LogP contribution in [0.5, 0.6) is 5.75 Å². The standard InChI is InChI=1S/C15H19NOS/c1-3-14(15-6-5-11-18-15)16-12-7-9-13(10-8-12)17-4-2/h5-11,14,16H,3-4H2,1-2H3. The highest BCUT2D eigenvalue weighted by molar-refractivity contribution is 7.10. The molecule has 3 heteroatoms. The molecule has 2 nitrogen and oxygen atoms in total. The van der Waals surface area contributed by atoms with Crippen molar-refractivity contribution in [1.82, 2.24) is 0 Å². The monoisotopic (exact) mass is 261 g/mol. The van der Waals surface area contributed by atoms with Crippen LogP contribution in [0.15, 0.2) is 41.8 Å². The minimum absolute atomic E-state index is 0.392. The Labute approximate surface area is 113 Å². The number of nitrogens with one attached hydrogen (secondary N) is 1. The predicted octanol–water partition coefficient (Wildman–Crippen LogP) is 4.71. The van der Waals surface area contributed by atoms with Gasteiger partial charge in [0.2, 0.25) is 0 Å². The second-order valence-electron chi connectivity index (χ2n) is 4.08. The first-order valence-corrected chi connectivity index (χ1v) is 7.24. The van der Waals surface area contributed by atoms with Crippen LogP contribution >= 0.6 is 11.3 Å². The molecule has 0 saturated heterocycles. The summed E-state index contributed by atoms with van der Waals surface area (Å²) in [4.78, 5) is 1.38. The van der Waals surface area contributed by atoms with Crippen molar-refractivity contribution in [3.05, 3.63) is 46.7 Å². The van der Waals surface area contributed by atoms with Crippen molar-refractivity contribution < 1.29 is 4.74 Å². The van der Waals surface area contributed by atoms with Crippen molar-refractivity contribution in [3.8, 4) is 5.75 Å². The van der Waals surface area contributed by atoms with Gasteiger partial charge in [-0.3, -0.25) is 0 Å². The Kier molecular flexibility index (Phi) is 4.65. The zero-order valence-electron chi connectivity index (χ0n) is 10.8. The van der Waals surface area contributed by atoms with Crippen LogP contribution in [-0.4, -0.2) is 6.61 Å². The normalized spacial score (nSPS) is 12.1. The second-order valence-corrected chi connectivity index (χ2v) is 5.06. The van der Waals surface area contributed by atoms with Gasteiger partial charge < -0.3 is 10.1 Å². The third kappa shape index (κ3) is 3.26. The molecule has 0 aliphatic rings. The number of hydrogen-bond donors (Lipinski definition) is 1. The second kappa shape index (κ2) is 6.45. The minimum atomic E-state index is 0.392. The largest absolute Gasteiger partial charge is 0.494 e. The number of rotatable bonds is 6. The SMILES string of the molecule is CCOc1ccc(NC(CC)c2cccs2)cc1. The summed E-state index contributed by atoms with van der Waals surface area (Å²) in [6, 6.07) is 12.8. The van der Waals surface area contributed by atoms with E-state index in [1.54, 1.807) is 11.3 Å². The van der Waals surface area contributed by atoms with E-state index in [0.717, 1.165) is 17.9 Å². The van der Waals surface area contributed by atoms with E-state index in [0.29, 0.717) is 12.6 Å². The molecular formula is C15H19NOS. The van der Waals surface area contributed by atoms with Gasteiger partial charge in [-0.25, -0.2) is 0 Å². The predicted molar refractivity (Wildman–Crippen MR) is 78.6 cm³/mol. The molecule has 0 fully saturated rings. The minimum Gasteiger partial charge on any atom is -0.494 e. The fraction of sp³-hybridized carbons (Fsp3) is 0.333. The molecule has 0 aliphatic heterocycles. The van der Waals surface area contributed by atoms with Crippen LogP contribution < -0.4 is 10.1 Å². The first kappa shape index (κ1) is 13.0. The summed E-state index contributed by atoms with van der Waals surface area (Å²) in [5, 5.41) is 5.68. The molecule has 0 amide bonds. The maximum absolute atomic E-state index is 5.44. The maximum atomic E-state index is 5.44. The molecule has 0 bridgehead atoms. The number of anilines is 1. The number of thiophene rings is 1. The molecule has 0 saturated carbocycles. The molecule has 1 aromatic carbocycles. The van der Waals surface area contributed by atoms with Crippen molar-refractivity contribution in [2.24, 2.45) is 0 Å². The number of ether oxygens (including phenoxy) is 1. The van der Waals surface area contributed by atoms with Crippen LogP contribution in [0.2, 0.25) is 0 Å². The third-order valence-electron chi connectivity index (χ3n) is 2.80. The van der Waals surface area contributed by atoms with E-state index in [1.807, 2.05) is 19.1 Å². The van der Waals surface area contributed by atoms with Gasteiger partial charge in [0.25, 0.3) is 0 Å². The van der Waals surface area contributed by atoms with Crippen molar-refractivity contribution in [2.45, 2.75) is 26.3 Å². The smallest absolute Gasteiger partial charge is 0.119 e. The van der Waals surface area contributed by atoms with E-state index in [2.05, 4.69) is 41.9 Å². The molecule has 1 N–H and O–H groups in total. The number of benzene rings is 1. The summed E-state index contributed by atoms with van der Waals surface area (Å²) in [7, 11) is 0. The summed E-state index contributed by atoms with van der Waals surface area (Å²) < 4.78 is 5.44. The molecule has 0 spiro atoms. The number of hydrogen-bond acceptors (Lipinski definition) is 3. The fourth-order valence-corrected chi connectivity index (χ4v) is 2.74. The van der Waals surface area contributed by atoms with Crippen LogP contribution in [0.25, 0.3) is 0 Å². The zero-order valence-corrected chi connectivity index (χ0v) is 11.7. The van der Waals surface area contributed by atoms with Gasteiger partial charge in [0, 0.05) is 10.6 Å². The summed E-state index contributed by atoms with van der Waals surface area (Å²) in [6.45, 7) is 4.90. The molecule has 2 rings (SSSR count). The van der Waals surface area contributed by atoms with E-state index in [-0.39, 0.29) is 0 Å². The molecule has 0 aliphatic carbocycles. The van der Waals surface area contributed by atoms with Crippen LogP contribution in [-0.2, 0) is 0 Å². The average Bonchev–Trinajstić information content (AvgIpc) is 2.92. The Balaban J connectivity index is 2.03. The van der Waals surface area contributed by atoms with Crippen LogP contribution in [0, 0.1) is 0 Å². The molecule has 96 valence electrons. The van der Waals surface area contributed by atoms with Crippen molar-refractivity contribution in [2.75, 3.05) is 11.9 Å². The van der Waals surface area contributed by atoms with E-state index in [1.165, 1.54) is 4.88 Å². The van der Waals surface area contributed by atoms with Crippen LogP contribution in [0.1, 0.15) is 31.2 Å². The molecular weight excluding hydrogens is 242 g/mol. The molecule has 18 heavy (non-hydrogen) atoms. The third-order valence-corrected chi connectivity index (χ3v) is 3.79. The van der Waals surface area contributed by atoms with E-state index in [9.17, 15) is 0 Å². The Hall–Kier alpha value is -1.48. The van der Waals surface area contributed by atoms with Crippen LogP contribution in [0.4, 0.5) is 5.69 Å². The Bertz CT molecular complexity index is 450. The lowest BCUT2D eigenvalue weighted by Gasteiger charge is -2.17. The van der Waals surface area contributed by atoms with Gasteiger partial charge in [-0.15, -0.1) is 11.3 Å². The van der Waals surface area contributed by atoms with Gasteiger partial charge in [-0.05, 0) is 49.1 Å². The lowest BCUT2D eigenvalue weighted by Crippen LogP contribution is -2.07. The van der Waals surface area contributed by atoms with Gasteiger partial charge in [0.15, 0.2) is 0 Å². The first-order chi connectivity index (χ1) is 8.83. The zero-order chi connectivity index (χ0) is 12.8. The fourth-order valence-electron chi connectivity index (χ4n) is 1.88. The van der Waals surface area contributed by atoms with Gasteiger partial charge in [0.1, 0.15) is 5.75 Å². The van der Waals surface area contributed by atoms with Crippen LogP contribution in [0.3, 0.4) is 0 Å². The first-order valence-electron chi connectivity index (χ1n) is 6.36. The highest BCUT2D eigenvalue weighted by Gasteiger charge is 2.09. The van der Waals surface area contributed by atoms with Gasteiger partial charge in [-0.2, -0.15) is 0 Å². The lowest BCUT2D eigenvalue weighted by molar-refractivity contribution is 0.340. The highest BCUT2D eigenvalue weighted by atomic mass is 32.1. The van der Waals surface area contributed by atoms with Gasteiger partial charge in [0.05, 0.1) is 12.6 Å². The van der Waals surface area contributed by atoms with E-state index in [4.69, 9.17) is 4.74 Å². The maximum Gasteiger partial charge on any atom is 0.119 e.